The largest absolute Gasteiger partial charge is 0.356 e. The van der Waals surface area contributed by atoms with Crippen molar-refractivity contribution in [1.82, 2.24) is 5.32 Å². The molecule has 66 valence electrons. The Hall–Kier alpha value is -0.0500. The molecule has 0 atom stereocenters. The molecule has 0 rings (SSSR count). The third-order valence-corrected chi connectivity index (χ3v) is 1.95. The van der Waals surface area contributed by atoms with E-state index in [4.69, 9.17) is 0 Å². The van der Waals surface area contributed by atoms with E-state index < -0.39 is 0 Å². The van der Waals surface area contributed by atoms with E-state index >= 15 is 0 Å². The highest BCUT2D eigenvalue weighted by Gasteiger charge is 1.97. The van der Waals surface area contributed by atoms with E-state index in [1.807, 2.05) is 0 Å². The maximum atomic E-state index is 10.9. The molecule has 0 radical (unpaired) electrons. The summed E-state index contributed by atoms with van der Waals surface area (Å²) < 4.78 is 0. The summed E-state index contributed by atoms with van der Waals surface area (Å²) in [5.41, 5.74) is 0. The monoisotopic (exact) mass is 221 g/mol. The summed E-state index contributed by atoms with van der Waals surface area (Å²) >= 11 is 3.28. The summed E-state index contributed by atoms with van der Waals surface area (Å²) in [5.74, 6) is 0.179. The highest BCUT2D eigenvalue weighted by molar-refractivity contribution is 9.09. The Morgan fingerprint density at radius 3 is 2.73 bits per heavy atom. The van der Waals surface area contributed by atoms with Gasteiger partial charge in [-0.2, -0.15) is 0 Å². The average Bonchev–Trinajstić information content (AvgIpc) is 2.01. The summed E-state index contributed by atoms with van der Waals surface area (Å²) in [5, 5.41) is 3.77. The lowest BCUT2D eigenvalue weighted by Crippen LogP contribution is -2.23. The lowest BCUT2D eigenvalue weighted by Gasteiger charge is -2.01. The van der Waals surface area contributed by atoms with Gasteiger partial charge in [0.25, 0.3) is 0 Å². The molecule has 0 unspecified atom stereocenters. The molecule has 0 aliphatic heterocycles. The Morgan fingerprint density at radius 1 is 1.45 bits per heavy atom. The second-order valence-corrected chi connectivity index (χ2v) is 3.29. The number of unbranched alkanes of at least 4 members (excludes halogenated alkanes) is 1. The van der Waals surface area contributed by atoms with Crippen molar-refractivity contribution in [2.24, 2.45) is 0 Å². The quantitative estimate of drug-likeness (QED) is 0.541. The molecule has 0 heterocycles. The zero-order chi connectivity index (χ0) is 8.53. The van der Waals surface area contributed by atoms with Crippen molar-refractivity contribution in [3.63, 3.8) is 0 Å². The highest BCUT2D eigenvalue weighted by Crippen LogP contribution is 1.93. The van der Waals surface area contributed by atoms with Crippen LogP contribution in [0.2, 0.25) is 0 Å². The molecule has 0 saturated carbocycles. The summed E-state index contributed by atoms with van der Waals surface area (Å²) in [7, 11) is 0. The van der Waals surface area contributed by atoms with Gasteiger partial charge in [-0.05, 0) is 12.8 Å². The van der Waals surface area contributed by atoms with E-state index in [1.54, 1.807) is 0 Å². The second-order valence-electron chi connectivity index (χ2n) is 2.50. The molecule has 0 bridgehead atoms. The first-order chi connectivity index (χ1) is 5.31. The molecule has 0 saturated heterocycles. The van der Waals surface area contributed by atoms with Crippen molar-refractivity contribution in [2.75, 3.05) is 11.9 Å². The van der Waals surface area contributed by atoms with Crippen LogP contribution < -0.4 is 5.32 Å². The van der Waals surface area contributed by atoms with Crippen LogP contribution in [0.5, 0.6) is 0 Å². The SMILES string of the molecule is CCCCNC(=O)CCCBr. The molecule has 0 spiro atoms. The molecular weight excluding hydrogens is 206 g/mol. The van der Waals surface area contributed by atoms with Crippen LogP contribution in [0, 0.1) is 0 Å². The fourth-order valence-corrected chi connectivity index (χ4v) is 1.00. The second kappa shape index (κ2) is 8.05. The van der Waals surface area contributed by atoms with E-state index in [1.165, 1.54) is 0 Å². The first-order valence-electron chi connectivity index (χ1n) is 4.14. The van der Waals surface area contributed by atoms with Gasteiger partial charge in [0.15, 0.2) is 0 Å². The van der Waals surface area contributed by atoms with Gasteiger partial charge in [0.2, 0.25) is 5.91 Å². The predicted octanol–water partition coefficient (Wildman–Crippen LogP) is 2.08. The molecule has 0 aromatic carbocycles. The molecule has 11 heavy (non-hydrogen) atoms. The van der Waals surface area contributed by atoms with Crippen molar-refractivity contribution in [3.8, 4) is 0 Å². The molecule has 0 aromatic rings. The van der Waals surface area contributed by atoms with Gasteiger partial charge in [-0.3, -0.25) is 4.79 Å². The molecule has 2 nitrogen and oxygen atoms in total. The number of hydrogen-bond donors (Lipinski definition) is 1. The van der Waals surface area contributed by atoms with Gasteiger partial charge in [-0.1, -0.05) is 29.3 Å². The van der Waals surface area contributed by atoms with Gasteiger partial charge in [-0.25, -0.2) is 0 Å². The average molecular weight is 222 g/mol. The summed E-state index contributed by atoms with van der Waals surface area (Å²) in [6, 6.07) is 0. The van der Waals surface area contributed by atoms with Gasteiger partial charge < -0.3 is 5.32 Å². The minimum Gasteiger partial charge on any atom is -0.356 e. The molecule has 0 aliphatic rings. The Labute approximate surface area is 76.9 Å². The number of alkyl halides is 1. The van der Waals surface area contributed by atoms with Gasteiger partial charge in [0.05, 0.1) is 0 Å². The lowest BCUT2D eigenvalue weighted by atomic mass is 10.3. The van der Waals surface area contributed by atoms with E-state index in [0.717, 1.165) is 31.1 Å². The Morgan fingerprint density at radius 2 is 2.18 bits per heavy atom. The van der Waals surface area contributed by atoms with Gasteiger partial charge in [0, 0.05) is 18.3 Å². The molecular formula is C8H16BrNO. The molecule has 1 amide bonds. The van der Waals surface area contributed by atoms with Crippen LogP contribution in [0.4, 0.5) is 0 Å². The van der Waals surface area contributed by atoms with Crippen molar-refractivity contribution < 1.29 is 4.79 Å². The summed E-state index contributed by atoms with van der Waals surface area (Å²) in [6.45, 7) is 2.95. The minimum atomic E-state index is 0.179. The van der Waals surface area contributed by atoms with Crippen LogP contribution in [0.15, 0.2) is 0 Å². The van der Waals surface area contributed by atoms with Crippen LogP contribution in [0.3, 0.4) is 0 Å². The van der Waals surface area contributed by atoms with Crippen molar-refractivity contribution in [2.45, 2.75) is 32.6 Å². The fourth-order valence-electron chi connectivity index (χ4n) is 0.720. The van der Waals surface area contributed by atoms with Crippen molar-refractivity contribution in [1.29, 1.82) is 0 Å². The van der Waals surface area contributed by atoms with E-state index in [-0.39, 0.29) is 5.91 Å². The Bertz CT molecular complexity index is 106. The van der Waals surface area contributed by atoms with Crippen LogP contribution >= 0.6 is 15.9 Å². The zero-order valence-electron chi connectivity index (χ0n) is 7.03. The molecule has 0 fully saturated rings. The summed E-state index contributed by atoms with van der Waals surface area (Å²) in [4.78, 5) is 10.9. The van der Waals surface area contributed by atoms with Crippen LogP contribution in [0.1, 0.15) is 32.6 Å². The maximum Gasteiger partial charge on any atom is 0.220 e. The number of rotatable bonds is 6. The normalized spacial score (nSPS) is 9.64. The standard InChI is InChI=1S/C8H16BrNO/c1-2-3-7-10-8(11)5-4-6-9/h2-7H2,1H3,(H,10,11). The van der Waals surface area contributed by atoms with Crippen LogP contribution in [0.25, 0.3) is 0 Å². The van der Waals surface area contributed by atoms with E-state index in [2.05, 4.69) is 28.2 Å². The van der Waals surface area contributed by atoms with E-state index in [9.17, 15) is 4.79 Å². The number of halogens is 1. The third-order valence-electron chi connectivity index (χ3n) is 1.39. The fraction of sp³-hybridized carbons (Fsp3) is 0.875. The third kappa shape index (κ3) is 7.85. The van der Waals surface area contributed by atoms with Crippen molar-refractivity contribution >= 4 is 21.8 Å². The first kappa shape index (κ1) is 11.0. The topological polar surface area (TPSA) is 29.1 Å². The Balaban J connectivity index is 3.09. The highest BCUT2D eigenvalue weighted by atomic mass is 79.9. The molecule has 0 aliphatic carbocycles. The van der Waals surface area contributed by atoms with Gasteiger partial charge >= 0.3 is 0 Å². The number of carbonyl (C=O) groups excluding carboxylic acids is 1. The van der Waals surface area contributed by atoms with Crippen molar-refractivity contribution in [3.05, 3.63) is 0 Å². The van der Waals surface area contributed by atoms with E-state index in [0.29, 0.717) is 6.42 Å². The maximum absolute atomic E-state index is 10.9. The number of carbonyl (C=O) groups is 1. The van der Waals surface area contributed by atoms with Gasteiger partial charge in [0.1, 0.15) is 0 Å². The number of nitrogens with one attached hydrogen (secondary N) is 1. The zero-order valence-corrected chi connectivity index (χ0v) is 8.61. The number of hydrogen-bond acceptors (Lipinski definition) is 1. The smallest absolute Gasteiger partial charge is 0.220 e. The Kier molecular flexibility index (Phi) is 8.01. The molecule has 3 heteroatoms. The minimum absolute atomic E-state index is 0.179. The lowest BCUT2D eigenvalue weighted by molar-refractivity contribution is -0.121. The van der Waals surface area contributed by atoms with Gasteiger partial charge in [-0.15, -0.1) is 0 Å². The number of amides is 1. The first-order valence-corrected chi connectivity index (χ1v) is 5.26. The predicted molar refractivity (Wildman–Crippen MR) is 50.9 cm³/mol. The van der Waals surface area contributed by atoms with Crippen LogP contribution in [-0.4, -0.2) is 17.8 Å². The molecule has 0 aromatic heterocycles. The summed E-state index contributed by atoms with van der Waals surface area (Å²) in [6.07, 6.45) is 3.80. The van der Waals surface area contributed by atoms with Crippen LogP contribution in [-0.2, 0) is 4.79 Å². The molecule has 1 N–H and O–H groups in total.